The molecule has 0 spiro atoms. The number of ether oxygens (including phenoxy) is 2. The number of rotatable bonds is 9. The number of hydrogen-bond acceptors (Lipinski definition) is 5. The van der Waals surface area contributed by atoms with Gasteiger partial charge in [0.1, 0.15) is 12.4 Å². The molecule has 0 aliphatic rings. The summed E-state index contributed by atoms with van der Waals surface area (Å²) in [5.74, 6) is 0.927. The van der Waals surface area contributed by atoms with Gasteiger partial charge in [-0.15, -0.1) is 0 Å². The Bertz CT molecular complexity index is 927. The first-order valence-corrected chi connectivity index (χ1v) is 9.29. The van der Waals surface area contributed by atoms with Gasteiger partial charge in [-0.2, -0.15) is 0 Å². The topological polar surface area (TPSA) is 93.2 Å². The van der Waals surface area contributed by atoms with Crippen molar-refractivity contribution in [1.82, 2.24) is 14.5 Å². The molecule has 0 fully saturated rings. The molecule has 156 valence electrons. The molecule has 2 N–H and O–H groups in total. The number of fused-ring (bicyclic) bond motifs is 3. The Morgan fingerprint density at radius 1 is 1.21 bits per heavy atom. The fraction of sp³-hybridized carbons (Fsp3) is 0.500. The van der Waals surface area contributed by atoms with Crippen molar-refractivity contribution in [1.29, 1.82) is 0 Å². The minimum absolute atomic E-state index is 0. The van der Waals surface area contributed by atoms with Gasteiger partial charge in [0.05, 0.1) is 23.2 Å². The molecule has 0 saturated heterocycles. The number of aromatic nitrogens is 3. The quantitative estimate of drug-likeness (QED) is 0.371. The Labute approximate surface area is 178 Å². The normalized spacial score (nSPS) is 11.9. The fourth-order valence-electron chi connectivity index (χ4n) is 3.20. The smallest absolute Gasteiger partial charge is 0.136 e. The summed E-state index contributed by atoms with van der Waals surface area (Å²) in [6.45, 7) is 8.10. The van der Waals surface area contributed by atoms with Crippen molar-refractivity contribution in [2.75, 3.05) is 19.8 Å². The molecule has 0 aliphatic carbocycles. The molecule has 8 heteroatoms. The molecule has 0 atom stereocenters. The maximum atomic E-state index is 9.01. The Hall–Kier alpha value is -1.56. The Balaban J connectivity index is 0.00000280. The third kappa shape index (κ3) is 4.88. The van der Waals surface area contributed by atoms with Gasteiger partial charge in [0, 0.05) is 45.6 Å². The van der Waals surface area contributed by atoms with E-state index in [0.29, 0.717) is 38.3 Å². The SMILES string of the molecule is CCOCc1nc2c([NH-])nc3ccccc3c2n1CC(C)(C)OCCCO.[Pd]. The molecule has 7 nitrogen and oxygen atoms in total. The van der Waals surface area contributed by atoms with Crippen molar-refractivity contribution in [2.24, 2.45) is 0 Å². The summed E-state index contributed by atoms with van der Waals surface area (Å²) < 4.78 is 13.7. The maximum Gasteiger partial charge on any atom is 0.136 e. The van der Waals surface area contributed by atoms with E-state index in [2.05, 4.69) is 14.5 Å². The van der Waals surface area contributed by atoms with Gasteiger partial charge >= 0.3 is 0 Å². The van der Waals surface area contributed by atoms with Gasteiger partial charge in [-0.1, -0.05) is 24.3 Å². The van der Waals surface area contributed by atoms with E-state index >= 15 is 0 Å². The molecule has 0 bridgehead atoms. The van der Waals surface area contributed by atoms with E-state index in [1.165, 1.54) is 0 Å². The number of benzene rings is 1. The molecular weight excluding hydrogens is 451 g/mol. The molecule has 0 amide bonds. The van der Waals surface area contributed by atoms with Crippen LogP contribution in [0.5, 0.6) is 0 Å². The Kier molecular flexibility index (Phi) is 7.93. The van der Waals surface area contributed by atoms with Crippen LogP contribution < -0.4 is 0 Å². The average Bonchev–Trinajstić information content (AvgIpc) is 2.99. The molecule has 0 radical (unpaired) electrons. The second kappa shape index (κ2) is 9.77. The van der Waals surface area contributed by atoms with Gasteiger partial charge in [-0.05, 0) is 38.5 Å². The number of hydrogen-bond donors (Lipinski definition) is 1. The van der Waals surface area contributed by atoms with Crippen LogP contribution in [0.2, 0.25) is 0 Å². The molecule has 0 aliphatic heterocycles. The van der Waals surface area contributed by atoms with Crippen molar-refractivity contribution < 1.29 is 35.0 Å². The van der Waals surface area contributed by atoms with Crippen molar-refractivity contribution in [3.05, 3.63) is 35.8 Å². The molecule has 3 aromatic rings. The molecule has 28 heavy (non-hydrogen) atoms. The summed E-state index contributed by atoms with van der Waals surface area (Å²) in [4.78, 5) is 9.06. The number of imidazole rings is 1. The second-order valence-corrected chi connectivity index (χ2v) is 7.11. The van der Waals surface area contributed by atoms with Crippen LogP contribution in [-0.4, -0.2) is 45.1 Å². The Morgan fingerprint density at radius 2 is 1.96 bits per heavy atom. The standard InChI is InChI=1S/C20H27N4O3.Pd/c1-4-26-12-16-23-17-18(14-8-5-6-9-15(14)22-19(17)21)24(16)13-20(2,3)27-11-7-10-25;/h5-6,8-9,25H,4,7,10-13H2,1-3H3,(H-,21,22);/q-1;. The molecule has 0 unspecified atom stereocenters. The van der Waals surface area contributed by atoms with Crippen LogP contribution in [0, 0.1) is 0 Å². The zero-order valence-corrected chi connectivity index (χ0v) is 18.0. The largest absolute Gasteiger partial charge is 0.480 e. The van der Waals surface area contributed by atoms with E-state index in [9.17, 15) is 0 Å². The first-order valence-electron chi connectivity index (χ1n) is 9.29. The molecule has 2 heterocycles. The van der Waals surface area contributed by atoms with Crippen LogP contribution in [0.3, 0.4) is 0 Å². The van der Waals surface area contributed by atoms with Crippen molar-refractivity contribution in [3.8, 4) is 0 Å². The van der Waals surface area contributed by atoms with E-state index in [0.717, 1.165) is 22.2 Å². The van der Waals surface area contributed by atoms with Crippen molar-refractivity contribution in [2.45, 2.75) is 45.9 Å². The molecule has 1 aromatic carbocycles. The second-order valence-electron chi connectivity index (χ2n) is 7.11. The number of nitrogens with zero attached hydrogens (tertiary/aromatic N) is 3. The van der Waals surface area contributed by atoms with Crippen molar-refractivity contribution in [3.63, 3.8) is 0 Å². The van der Waals surface area contributed by atoms with Gasteiger partial charge in [-0.3, -0.25) is 0 Å². The molecular formula is C20H27N4O3Pd-. The summed E-state index contributed by atoms with van der Waals surface area (Å²) in [7, 11) is 0. The van der Waals surface area contributed by atoms with E-state index in [1.807, 2.05) is 45.0 Å². The van der Waals surface area contributed by atoms with E-state index in [-0.39, 0.29) is 32.8 Å². The summed E-state index contributed by atoms with van der Waals surface area (Å²) in [5, 5.41) is 9.97. The zero-order valence-electron chi connectivity index (χ0n) is 16.5. The number of aliphatic hydroxyl groups is 1. The zero-order chi connectivity index (χ0) is 19.4. The first kappa shape index (κ1) is 22.7. The van der Waals surface area contributed by atoms with Crippen LogP contribution in [-0.2, 0) is 43.0 Å². The summed E-state index contributed by atoms with van der Waals surface area (Å²) in [5.41, 5.74) is 10.1. The Morgan fingerprint density at radius 3 is 2.68 bits per heavy atom. The number of nitrogens with one attached hydrogen (secondary N) is 1. The average molecular weight is 478 g/mol. The number of aliphatic hydroxyl groups excluding tert-OH is 1. The third-order valence-electron chi connectivity index (χ3n) is 4.43. The van der Waals surface area contributed by atoms with Crippen LogP contribution >= 0.6 is 0 Å². The summed E-state index contributed by atoms with van der Waals surface area (Å²) in [6.07, 6.45) is 0.601. The first-order chi connectivity index (χ1) is 13.0. The van der Waals surface area contributed by atoms with Gasteiger partial charge in [0.25, 0.3) is 0 Å². The molecule has 0 saturated carbocycles. The minimum atomic E-state index is -0.462. The van der Waals surface area contributed by atoms with E-state index < -0.39 is 5.60 Å². The molecule has 3 rings (SSSR count). The minimum Gasteiger partial charge on any atom is -0.480 e. The summed E-state index contributed by atoms with van der Waals surface area (Å²) in [6, 6.07) is 7.81. The number of para-hydroxylation sites is 1. The van der Waals surface area contributed by atoms with Gasteiger partial charge < -0.3 is 29.9 Å². The van der Waals surface area contributed by atoms with Crippen LogP contribution in [0.15, 0.2) is 24.3 Å². The van der Waals surface area contributed by atoms with Gasteiger partial charge in [0.15, 0.2) is 0 Å². The van der Waals surface area contributed by atoms with Gasteiger partial charge in [-0.25, -0.2) is 4.98 Å². The predicted octanol–water partition coefficient (Wildman–Crippen LogP) is 3.98. The van der Waals surface area contributed by atoms with Crippen molar-refractivity contribution >= 4 is 27.8 Å². The van der Waals surface area contributed by atoms with Crippen LogP contribution in [0.25, 0.3) is 27.7 Å². The van der Waals surface area contributed by atoms with Crippen LogP contribution in [0.4, 0.5) is 5.82 Å². The van der Waals surface area contributed by atoms with E-state index in [1.54, 1.807) is 0 Å². The maximum absolute atomic E-state index is 9.01. The molecule has 2 aromatic heterocycles. The summed E-state index contributed by atoms with van der Waals surface area (Å²) >= 11 is 0. The van der Waals surface area contributed by atoms with E-state index in [4.69, 9.17) is 20.3 Å². The number of pyridine rings is 1. The van der Waals surface area contributed by atoms with Gasteiger partial charge in [0.2, 0.25) is 0 Å². The predicted molar refractivity (Wildman–Crippen MR) is 106 cm³/mol. The van der Waals surface area contributed by atoms with Crippen LogP contribution in [0.1, 0.15) is 33.0 Å². The monoisotopic (exact) mass is 477 g/mol. The fourth-order valence-corrected chi connectivity index (χ4v) is 3.20. The third-order valence-corrected chi connectivity index (χ3v) is 4.43.